The van der Waals surface area contributed by atoms with Crippen LogP contribution in [0.4, 0.5) is 0 Å². The van der Waals surface area contributed by atoms with Crippen molar-refractivity contribution in [2.45, 2.75) is 6.10 Å². The Morgan fingerprint density at radius 3 is 3.00 bits per heavy atom. The zero-order chi connectivity index (χ0) is 12.0. The van der Waals surface area contributed by atoms with Gasteiger partial charge in [-0.05, 0) is 17.7 Å². The molecule has 0 radical (unpaired) electrons. The second-order valence-corrected chi connectivity index (χ2v) is 4.19. The minimum absolute atomic E-state index is 0.0988. The molecule has 0 saturated heterocycles. The number of methoxy groups -OCH3 is 1. The quantitative estimate of drug-likeness (QED) is 0.801. The standard InChI is InChI=1S/C11H14BrNO3/c1-16-11(15)7-13-6-10(14)8-3-2-4-9(12)5-8/h2-5,10,13-14H,6-7H2,1H3. The molecule has 0 aromatic heterocycles. The van der Waals surface area contributed by atoms with Gasteiger partial charge in [0.05, 0.1) is 19.8 Å². The molecule has 0 bridgehead atoms. The second kappa shape index (κ2) is 6.62. The Morgan fingerprint density at radius 1 is 1.62 bits per heavy atom. The van der Waals surface area contributed by atoms with Crippen LogP contribution in [0.3, 0.4) is 0 Å². The monoisotopic (exact) mass is 287 g/mol. The van der Waals surface area contributed by atoms with Gasteiger partial charge in [0.2, 0.25) is 0 Å². The molecular weight excluding hydrogens is 274 g/mol. The lowest BCUT2D eigenvalue weighted by Crippen LogP contribution is -2.28. The molecule has 16 heavy (non-hydrogen) atoms. The van der Waals surface area contributed by atoms with E-state index >= 15 is 0 Å². The van der Waals surface area contributed by atoms with Gasteiger partial charge in [0, 0.05) is 11.0 Å². The maximum Gasteiger partial charge on any atom is 0.319 e. The highest BCUT2D eigenvalue weighted by atomic mass is 79.9. The van der Waals surface area contributed by atoms with Crippen molar-refractivity contribution in [3.8, 4) is 0 Å². The number of hydrogen-bond acceptors (Lipinski definition) is 4. The zero-order valence-electron chi connectivity index (χ0n) is 8.94. The topological polar surface area (TPSA) is 58.6 Å². The molecule has 0 fully saturated rings. The third kappa shape index (κ3) is 4.30. The lowest BCUT2D eigenvalue weighted by molar-refractivity contribution is -0.139. The summed E-state index contributed by atoms with van der Waals surface area (Å²) in [6, 6.07) is 7.40. The smallest absolute Gasteiger partial charge is 0.319 e. The van der Waals surface area contributed by atoms with E-state index in [0.717, 1.165) is 10.0 Å². The molecule has 1 aromatic carbocycles. The average molecular weight is 288 g/mol. The van der Waals surface area contributed by atoms with Crippen molar-refractivity contribution in [2.75, 3.05) is 20.2 Å². The molecule has 2 N–H and O–H groups in total. The molecule has 0 spiro atoms. The molecule has 0 heterocycles. The predicted molar refractivity (Wildman–Crippen MR) is 64.0 cm³/mol. The van der Waals surface area contributed by atoms with Crippen LogP contribution < -0.4 is 5.32 Å². The van der Waals surface area contributed by atoms with E-state index in [2.05, 4.69) is 26.0 Å². The van der Waals surface area contributed by atoms with Gasteiger partial charge in [-0.2, -0.15) is 0 Å². The Balaban J connectivity index is 2.40. The third-order valence-electron chi connectivity index (χ3n) is 2.07. The second-order valence-electron chi connectivity index (χ2n) is 3.28. The molecule has 1 aromatic rings. The molecule has 1 rings (SSSR count). The number of nitrogens with one attached hydrogen (secondary N) is 1. The van der Waals surface area contributed by atoms with Crippen LogP contribution in [0.2, 0.25) is 0 Å². The maximum absolute atomic E-state index is 10.8. The van der Waals surface area contributed by atoms with Crippen LogP contribution in [0.15, 0.2) is 28.7 Å². The molecule has 1 atom stereocenters. The van der Waals surface area contributed by atoms with Crippen molar-refractivity contribution in [3.63, 3.8) is 0 Å². The first-order valence-corrected chi connectivity index (χ1v) is 5.64. The average Bonchev–Trinajstić information content (AvgIpc) is 2.28. The van der Waals surface area contributed by atoms with Gasteiger partial charge in [-0.3, -0.25) is 4.79 Å². The van der Waals surface area contributed by atoms with Crippen LogP contribution in [0.1, 0.15) is 11.7 Å². The largest absolute Gasteiger partial charge is 0.468 e. The first-order chi connectivity index (χ1) is 7.63. The Morgan fingerprint density at radius 2 is 2.38 bits per heavy atom. The minimum atomic E-state index is -0.637. The molecule has 0 amide bonds. The van der Waals surface area contributed by atoms with Crippen molar-refractivity contribution >= 4 is 21.9 Å². The molecule has 4 nitrogen and oxygen atoms in total. The lowest BCUT2D eigenvalue weighted by Gasteiger charge is -2.11. The van der Waals surface area contributed by atoms with Gasteiger partial charge >= 0.3 is 5.97 Å². The lowest BCUT2D eigenvalue weighted by atomic mass is 10.1. The Bertz CT molecular complexity index is 357. The van der Waals surface area contributed by atoms with Crippen LogP contribution in [0.25, 0.3) is 0 Å². The fourth-order valence-electron chi connectivity index (χ4n) is 1.21. The summed E-state index contributed by atoms with van der Waals surface area (Å²) in [6.45, 7) is 0.410. The van der Waals surface area contributed by atoms with Crippen molar-refractivity contribution in [1.29, 1.82) is 0 Å². The Kier molecular flexibility index (Phi) is 5.45. The highest BCUT2D eigenvalue weighted by molar-refractivity contribution is 9.10. The third-order valence-corrected chi connectivity index (χ3v) is 2.56. The SMILES string of the molecule is COC(=O)CNCC(O)c1cccc(Br)c1. The van der Waals surface area contributed by atoms with Gasteiger partial charge in [0.1, 0.15) is 0 Å². The number of aliphatic hydroxyl groups is 1. The van der Waals surface area contributed by atoms with Crippen molar-refractivity contribution in [3.05, 3.63) is 34.3 Å². The number of hydrogen-bond donors (Lipinski definition) is 2. The van der Waals surface area contributed by atoms with Crippen molar-refractivity contribution in [2.24, 2.45) is 0 Å². The summed E-state index contributed by atoms with van der Waals surface area (Å²) < 4.78 is 5.38. The summed E-state index contributed by atoms with van der Waals surface area (Å²) in [5, 5.41) is 12.6. The maximum atomic E-state index is 10.8. The van der Waals surface area contributed by atoms with E-state index in [1.807, 2.05) is 24.3 Å². The minimum Gasteiger partial charge on any atom is -0.468 e. The number of benzene rings is 1. The molecule has 88 valence electrons. The summed E-state index contributed by atoms with van der Waals surface area (Å²) in [4.78, 5) is 10.8. The number of rotatable bonds is 5. The highest BCUT2D eigenvalue weighted by Gasteiger charge is 2.08. The van der Waals surface area contributed by atoms with Gasteiger partial charge in [-0.1, -0.05) is 28.1 Å². The van der Waals surface area contributed by atoms with Gasteiger partial charge in [0.15, 0.2) is 0 Å². The molecule has 0 saturated carbocycles. The first kappa shape index (κ1) is 13.2. The van der Waals surface area contributed by atoms with Crippen molar-refractivity contribution in [1.82, 2.24) is 5.32 Å². The first-order valence-electron chi connectivity index (χ1n) is 4.84. The number of ether oxygens (including phenoxy) is 1. The molecule has 1 unspecified atom stereocenters. The summed E-state index contributed by atoms with van der Waals surface area (Å²) in [6.07, 6.45) is -0.637. The predicted octanol–water partition coefficient (Wildman–Crippen LogP) is 1.25. The number of aliphatic hydroxyl groups excluding tert-OH is 1. The fourth-order valence-corrected chi connectivity index (χ4v) is 1.63. The Labute approximate surface area is 103 Å². The van der Waals surface area contributed by atoms with E-state index in [-0.39, 0.29) is 12.5 Å². The van der Waals surface area contributed by atoms with Crippen LogP contribution in [-0.4, -0.2) is 31.3 Å². The zero-order valence-corrected chi connectivity index (χ0v) is 10.5. The van der Waals surface area contributed by atoms with Gasteiger partial charge in [-0.25, -0.2) is 0 Å². The summed E-state index contributed by atoms with van der Waals surface area (Å²) >= 11 is 3.33. The highest BCUT2D eigenvalue weighted by Crippen LogP contribution is 2.17. The fraction of sp³-hybridized carbons (Fsp3) is 0.364. The van der Waals surface area contributed by atoms with E-state index in [0.29, 0.717) is 6.54 Å². The molecule has 0 aliphatic carbocycles. The van der Waals surface area contributed by atoms with E-state index in [1.54, 1.807) is 0 Å². The number of halogens is 1. The number of carbonyl (C=O) groups excluding carboxylic acids is 1. The van der Waals surface area contributed by atoms with Crippen LogP contribution >= 0.6 is 15.9 Å². The summed E-state index contributed by atoms with van der Waals surface area (Å²) in [7, 11) is 1.33. The van der Waals surface area contributed by atoms with Crippen LogP contribution in [0, 0.1) is 0 Å². The summed E-state index contributed by atoms with van der Waals surface area (Å²) in [5.74, 6) is -0.346. The van der Waals surface area contributed by atoms with Gasteiger partial charge < -0.3 is 15.2 Å². The van der Waals surface area contributed by atoms with E-state index in [9.17, 15) is 9.90 Å². The van der Waals surface area contributed by atoms with E-state index in [4.69, 9.17) is 0 Å². The normalized spacial score (nSPS) is 12.2. The van der Waals surface area contributed by atoms with Crippen LogP contribution in [0.5, 0.6) is 0 Å². The van der Waals surface area contributed by atoms with Crippen LogP contribution in [-0.2, 0) is 9.53 Å². The molecule has 0 aliphatic rings. The molecule has 5 heteroatoms. The number of carbonyl (C=O) groups is 1. The van der Waals surface area contributed by atoms with Crippen molar-refractivity contribution < 1.29 is 14.6 Å². The Hall–Kier alpha value is -0.910. The van der Waals surface area contributed by atoms with E-state index < -0.39 is 6.10 Å². The number of esters is 1. The summed E-state index contributed by atoms with van der Waals surface area (Å²) in [5.41, 5.74) is 0.798. The van der Waals surface area contributed by atoms with Gasteiger partial charge in [0.25, 0.3) is 0 Å². The van der Waals surface area contributed by atoms with E-state index in [1.165, 1.54) is 7.11 Å². The van der Waals surface area contributed by atoms with Gasteiger partial charge in [-0.15, -0.1) is 0 Å². The molecule has 0 aliphatic heterocycles. The molecular formula is C11H14BrNO3.